The Hall–Kier alpha value is -1.92. The highest BCUT2D eigenvalue weighted by Gasteiger charge is 2.60. The van der Waals surface area contributed by atoms with Crippen molar-refractivity contribution in [3.05, 3.63) is 0 Å². The number of hydrogen-bond donors (Lipinski definition) is 0. The van der Waals surface area contributed by atoms with E-state index in [1.165, 1.54) is 6.92 Å². The Morgan fingerprint density at radius 3 is 1.48 bits per heavy atom. The number of ether oxygens (including phenoxy) is 3. The number of hydrogen-bond acceptors (Lipinski definition) is 7. The first-order chi connectivity index (χ1) is 9.93. The van der Waals surface area contributed by atoms with E-state index in [1.807, 2.05) is 0 Å². The van der Waals surface area contributed by atoms with Crippen LogP contribution in [0.4, 0.5) is 0 Å². The van der Waals surface area contributed by atoms with Crippen LogP contribution in [0.2, 0.25) is 0 Å². The van der Waals surface area contributed by atoms with Crippen molar-refractivity contribution < 1.29 is 33.4 Å². The number of esters is 3. The van der Waals surface area contributed by atoms with Gasteiger partial charge in [-0.15, -0.1) is 0 Å². The second-order valence-electron chi connectivity index (χ2n) is 4.27. The molecule has 0 saturated carbocycles. The summed E-state index contributed by atoms with van der Waals surface area (Å²) < 4.78 is 14.6. The van der Waals surface area contributed by atoms with Crippen molar-refractivity contribution in [1.29, 1.82) is 0 Å². The summed E-state index contributed by atoms with van der Waals surface area (Å²) in [7, 11) is 0. The van der Waals surface area contributed by atoms with Gasteiger partial charge in [-0.2, -0.15) is 0 Å². The first kappa shape index (κ1) is 19.1. The predicted molar refractivity (Wildman–Crippen MR) is 72.2 cm³/mol. The lowest BCUT2D eigenvalue weighted by atomic mass is 9.74. The zero-order valence-corrected chi connectivity index (χ0v) is 12.8. The van der Waals surface area contributed by atoms with Crippen molar-refractivity contribution in [3.8, 4) is 0 Å². The molecule has 0 saturated heterocycles. The van der Waals surface area contributed by atoms with Gasteiger partial charge < -0.3 is 19.0 Å². The molecule has 0 fully saturated rings. The van der Waals surface area contributed by atoms with Crippen LogP contribution in [0.5, 0.6) is 0 Å². The fraction of sp³-hybridized carbons (Fsp3) is 0.714. The number of carbonyl (C=O) groups excluding carboxylic acids is 4. The summed E-state index contributed by atoms with van der Waals surface area (Å²) in [5.41, 5.74) is -2.27. The molecule has 0 amide bonds. The van der Waals surface area contributed by atoms with E-state index in [2.05, 4.69) is 0 Å². The Kier molecular flexibility index (Phi) is 8.26. The standard InChI is InChI=1S/C14H22O7/c1-5-19-11(16)14(10(4)8-9-15,12(17)20-6-2)13(18)21-7-3/h9-10H,5-8H2,1-4H3. The van der Waals surface area contributed by atoms with Gasteiger partial charge in [-0.3, -0.25) is 14.4 Å². The minimum absolute atomic E-state index is 0.0206. The molecule has 0 aliphatic heterocycles. The highest BCUT2D eigenvalue weighted by Crippen LogP contribution is 2.35. The average Bonchev–Trinajstić information content (AvgIpc) is 2.40. The van der Waals surface area contributed by atoms with Crippen LogP contribution in [0.15, 0.2) is 0 Å². The van der Waals surface area contributed by atoms with Crippen molar-refractivity contribution in [2.24, 2.45) is 11.3 Å². The molecule has 1 atom stereocenters. The first-order valence-electron chi connectivity index (χ1n) is 6.88. The number of aldehydes is 1. The fourth-order valence-electron chi connectivity index (χ4n) is 1.91. The molecule has 0 aliphatic carbocycles. The van der Waals surface area contributed by atoms with Gasteiger partial charge in [0.2, 0.25) is 0 Å². The second kappa shape index (κ2) is 9.10. The zero-order valence-electron chi connectivity index (χ0n) is 12.8. The maximum absolute atomic E-state index is 12.3. The van der Waals surface area contributed by atoms with E-state index in [1.54, 1.807) is 20.8 Å². The second-order valence-corrected chi connectivity index (χ2v) is 4.27. The number of rotatable bonds is 9. The van der Waals surface area contributed by atoms with Crippen molar-refractivity contribution in [3.63, 3.8) is 0 Å². The molecule has 0 N–H and O–H groups in total. The minimum Gasteiger partial charge on any atom is -0.465 e. The third-order valence-corrected chi connectivity index (χ3v) is 2.98. The molecule has 0 bridgehead atoms. The molecule has 0 radical (unpaired) electrons. The lowest BCUT2D eigenvalue weighted by Crippen LogP contribution is -2.54. The summed E-state index contributed by atoms with van der Waals surface area (Å²) in [6, 6.07) is 0. The summed E-state index contributed by atoms with van der Waals surface area (Å²) in [5.74, 6) is -4.11. The Morgan fingerprint density at radius 2 is 1.24 bits per heavy atom. The van der Waals surface area contributed by atoms with Gasteiger partial charge in [0.1, 0.15) is 6.29 Å². The average molecular weight is 302 g/mol. The van der Waals surface area contributed by atoms with E-state index < -0.39 is 29.2 Å². The summed E-state index contributed by atoms with van der Waals surface area (Å²) in [6.07, 6.45) is 0.341. The van der Waals surface area contributed by atoms with E-state index in [4.69, 9.17) is 14.2 Å². The van der Waals surface area contributed by atoms with Gasteiger partial charge in [0.25, 0.3) is 5.41 Å². The lowest BCUT2D eigenvalue weighted by molar-refractivity contribution is -0.188. The van der Waals surface area contributed by atoms with Gasteiger partial charge in [0, 0.05) is 12.3 Å². The van der Waals surface area contributed by atoms with Crippen LogP contribution in [0.1, 0.15) is 34.1 Å². The zero-order chi connectivity index (χ0) is 16.5. The van der Waals surface area contributed by atoms with E-state index >= 15 is 0 Å². The van der Waals surface area contributed by atoms with Gasteiger partial charge in [-0.25, -0.2) is 0 Å². The van der Waals surface area contributed by atoms with Crippen molar-refractivity contribution in [2.45, 2.75) is 34.1 Å². The van der Waals surface area contributed by atoms with Crippen LogP contribution < -0.4 is 0 Å². The highest BCUT2D eigenvalue weighted by molar-refractivity contribution is 6.18. The van der Waals surface area contributed by atoms with Crippen LogP contribution in [0, 0.1) is 11.3 Å². The van der Waals surface area contributed by atoms with Crippen molar-refractivity contribution in [2.75, 3.05) is 19.8 Å². The van der Waals surface area contributed by atoms with Crippen molar-refractivity contribution in [1.82, 2.24) is 0 Å². The quantitative estimate of drug-likeness (QED) is 0.270. The molecule has 0 aromatic rings. The van der Waals surface area contributed by atoms with Gasteiger partial charge in [-0.1, -0.05) is 6.92 Å². The molecule has 120 valence electrons. The SMILES string of the molecule is CCOC(=O)C(C(=O)OCC)(C(=O)OCC)C(C)CC=O. The Morgan fingerprint density at radius 1 is 0.905 bits per heavy atom. The molecular formula is C14H22O7. The van der Waals surface area contributed by atoms with Crippen LogP contribution in [-0.2, 0) is 33.4 Å². The smallest absolute Gasteiger partial charge is 0.335 e. The summed E-state index contributed by atoms with van der Waals surface area (Å²) in [4.78, 5) is 47.6. The van der Waals surface area contributed by atoms with Gasteiger partial charge >= 0.3 is 17.9 Å². The Labute approximate surface area is 123 Å². The monoisotopic (exact) mass is 302 g/mol. The Bertz CT molecular complexity index is 343. The molecule has 0 spiro atoms. The van der Waals surface area contributed by atoms with E-state index in [9.17, 15) is 19.2 Å². The maximum Gasteiger partial charge on any atom is 0.335 e. The summed E-state index contributed by atoms with van der Waals surface area (Å²) in [6.45, 7) is 6.00. The molecule has 7 nitrogen and oxygen atoms in total. The largest absolute Gasteiger partial charge is 0.465 e. The van der Waals surface area contributed by atoms with Crippen LogP contribution in [0.3, 0.4) is 0 Å². The lowest BCUT2D eigenvalue weighted by Gasteiger charge is -2.31. The van der Waals surface area contributed by atoms with Gasteiger partial charge in [-0.05, 0) is 20.8 Å². The fourth-order valence-corrected chi connectivity index (χ4v) is 1.91. The molecule has 0 aromatic heterocycles. The van der Waals surface area contributed by atoms with Gasteiger partial charge in [0.05, 0.1) is 19.8 Å². The van der Waals surface area contributed by atoms with Crippen LogP contribution in [0.25, 0.3) is 0 Å². The van der Waals surface area contributed by atoms with E-state index in [0.717, 1.165) is 0 Å². The number of carbonyl (C=O) groups is 4. The summed E-state index contributed by atoms with van der Waals surface area (Å²) in [5, 5.41) is 0. The van der Waals surface area contributed by atoms with Crippen LogP contribution in [-0.4, -0.2) is 44.0 Å². The third-order valence-electron chi connectivity index (χ3n) is 2.98. The highest BCUT2D eigenvalue weighted by atomic mass is 16.6. The maximum atomic E-state index is 12.3. The molecule has 0 aromatic carbocycles. The molecule has 0 heterocycles. The molecule has 0 aliphatic rings. The van der Waals surface area contributed by atoms with Crippen molar-refractivity contribution >= 4 is 24.2 Å². The van der Waals surface area contributed by atoms with E-state index in [0.29, 0.717) is 6.29 Å². The first-order valence-corrected chi connectivity index (χ1v) is 6.88. The molecule has 0 rings (SSSR count). The molecule has 21 heavy (non-hydrogen) atoms. The molecular weight excluding hydrogens is 280 g/mol. The topological polar surface area (TPSA) is 96.0 Å². The minimum atomic E-state index is -2.27. The Balaban J connectivity index is 5.91. The predicted octanol–water partition coefficient (Wildman–Crippen LogP) is 0.887. The third kappa shape index (κ3) is 4.03. The summed E-state index contributed by atoms with van der Waals surface area (Å²) >= 11 is 0. The van der Waals surface area contributed by atoms with Crippen LogP contribution >= 0.6 is 0 Å². The molecule has 7 heteroatoms. The van der Waals surface area contributed by atoms with Gasteiger partial charge in [0.15, 0.2) is 0 Å². The normalized spacial score (nSPS) is 12.2. The molecule has 1 unspecified atom stereocenters. The van der Waals surface area contributed by atoms with E-state index in [-0.39, 0.29) is 26.2 Å².